The van der Waals surface area contributed by atoms with Gasteiger partial charge in [-0.2, -0.15) is 26.3 Å². The molecule has 3 N–H and O–H groups in total. The van der Waals surface area contributed by atoms with Crippen LogP contribution in [0, 0.1) is 0 Å². The van der Waals surface area contributed by atoms with Gasteiger partial charge in [-0.15, -0.1) is 0 Å². The number of carbonyl (C=O) groups is 2. The van der Waals surface area contributed by atoms with Gasteiger partial charge in [0.2, 0.25) is 11.8 Å². The summed E-state index contributed by atoms with van der Waals surface area (Å²) in [4.78, 5) is 23.9. The van der Waals surface area contributed by atoms with E-state index in [4.69, 9.17) is 28.9 Å². The molecule has 0 unspecified atom stereocenters. The summed E-state index contributed by atoms with van der Waals surface area (Å²) >= 11 is 11.8. The molecule has 0 aliphatic carbocycles. The third-order valence-corrected chi connectivity index (χ3v) is 4.72. The number of nitrogens with two attached hydrogens (primary N) is 1. The lowest BCUT2D eigenvalue weighted by atomic mass is 10.0. The predicted octanol–water partition coefficient (Wildman–Crippen LogP) is 4.79. The molecule has 4 nitrogen and oxygen atoms in total. The second kappa shape index (κ2) is 9.35. The molecule has 2 aromatic rings. The topological polar surface area (TPSA) is 72.2 Å². The second-order valence-corrected chi connectivity index (χ2v) is 7.40. The zero-order valence-electron chi connectivity index (χ0n) is 15.4. The first kappa shape index (κ1) is 24.8. The first-order chi connectivity index (χ1) is 14.2. The van der Waals surface area contributed by atoms with Gasteiger partial charge in [0.15, 0.2) is 0 Å². The van der Waals surface area contributed by atoms with E-state index in [0.717, 1.165) is 0 Å². The average molecular weight is 487 g/mol. The van der Waals surface area contributed by atoms with Crippen molar-refractivity contribution in [2.45, 2.75) is 31.2 Å². The number of benzene rings is 2. The lowest BCUT2D eigenvalue weighted by molar-refractivity contribution is -0.143. The molecule has 0 saturated carbocycles. The third kappa shape index (κ3) is 7.03. The SMILES string of the molecule is NC(=O)[C@H](Cc1ccc(Cl)cc1Cl)NC(=O)Cc1cc(C(F)(F)F)cc(C(F)(F)F)c1. The smallest absolute Gasteiger partial charge is 0.368 e. The number of primary amides is 1. The molecule has 0 fully saturated rings. The van der Waals surface area contributed by atoms with E-state index >= 15 is 0 Å². The monoisotopic (exact) mass is 486 g/mol. The highest BCUT2D eigenvalue weighted by Crippen LogP contribution is 2.36. The maximum absolute atomic E-state index is 12.9. The second-order valence-electron chi connectivity index (χ2n) is 6.55. The molecule has 0 saturated heterocycles. The van der Waals surface area contributed by atoms with E-state index in [1.165, 1.54) is 18.2 Å². The fourth-order valence-corrected chi connectivity index (χ4v) is 3.17. The molecular formula is C19H14Cl2F6N2O2. The minimum absolute atomic E-state index is 0.0455. The number of hydrogen-bond acceptors (Lipinski definition) is 2. The summed E-state index contributed by atoms with van der Waals surface area (Å²) < 4.78 is 77.7. The Morgan fingerprint density at radius 3 is 1.94 bits per heavy atom. The van der Waals surface area contributed by atoms with Crippen molar-refractivity contribution in [3.63, 3.8) is 0 Å². The summed E-state index contributed by atoms with van der Waals surface area (Å²) in [5, 5.41) is 2.70. The largest absolute Gasteiger partial charge is 0.416 e. The zero-order valence-corrected chi connectivity index (χ0v) is 16.9. The van der Waals surface area contributed by atoms with Crippen LogP contribution in [0.1, 0.15) is 22.3 Å². The van der Waals surface area contributed by atoms with Crippen LogP contribution in [-0.2, 0) is 34.8 Å². The molecule has 2 aromatic carbocycles. The van der Waals surface area contributed by atoms with Crippen LogP contribution in [0.25, 0.3) is 0 Å². The van der Waals surface area contributed by atoms with Crippen molar-refractivity contribution in [1.29, 1.82) is 0 Å². The molecule has 0 radical (unpaired) electrons. The molecule has 168 valence electrons. The number of halogens is 8. The molecule has 0 aromatic heterocycles. The molecular weight excluding hydrogens is 473 g/mol. The summed E-state index contributed by atoms with van der Waals surface area (Å²) in [5.74, 6) is -1.97. The number of carbonyl (C=O) groups excluding carboxylic acids is 2. The van der Waals surface area contributed by atoms with Crippen LogP contribution in [0.5, 0.6) is 0 Å². The molecule has 0 heterocycles. The van der Waals surface area contributed by atoms with Crippen LogP contribution in [0.2, 0.25) is 10.0 Å². The highest BCUT2D eigenvalue weighted by Gasteiger charge is 2.37. The number of alkyl halides is 6. The Balaban J connectivity index is 2.23. The summed E-state index contributed by atoms with van der Waals surface area (Å²) in [6, 6.07) is 3.86. The van der Waals surface area contributed by atoms with Gasteiger partial charge >= 0.3 is 12.4 Å². The van der Waals surface area contributed by atoms with Crippen molar-refractivity contribution < 1.29 is 35.9 Å². The number of hydrogen-bond donors (Lipinski definition) is 2. The van der Waals surface area contributed by atoms with E-state index in [0.29, 0.717) is 22.7 Å². The van der Waals surface area contributed by atoms with Gasteiger partial charge in [-0.25, -0.2) is 0 Å². The summed E-state index contributed by atoms with van der Waals surface area (Å²) in [5.41, 5.74) is 2.01. The average Bonchev–Trinajstić information content (AvgIpc) is 2.61. The van der Waals surface area contributed by atoms with Gasteiger partial charge in [0.1, 0.15) is 6.04 Å². The van der Waals surface area contributed by atoms with E-state index in [9.17, 15) is 35.9 Å². The Kier molecular flexibility index (Phi) is 7.48. The minimum atomic E-state index is -5.05. The van der Waals surface area contributed by atoms with E-state index in [1.54, 1.807) is 0 Å². The number of nitrogens with one attached hydrogen (secondary N) is 1. The molecule has 0 aliphatic heterocycles. The molecule has 2 rings (SSSR count). The Morgan fingerprint density at radius 2 is 1.48 bits per heavy atom. The van der Waals surface area contributed by atoms with Crippen molar-refractivity contribution in [2.75, 3.05) is 0 Å². The predicted molar refractivity (Wildman–Crippen MR) is 101 cm³/mol. The Morgan fingerprint density at radius 1 is 0.935 bits per heavy atom. The van der Waals surface area contributed by atoms with E-state index in [1.807, 2.05) is 0 Å². The number of rotatable bonds is 6. The molecule has 0 aliphatic rings. The molecule has 31 heavy (non-hydrogen) atoms. The van der Waals surface area contributed by atoms with Crippen LogP contribution in [-0.4, -0.2) is 17.9 Å². The van der Waals surface area contributed by atoms with E-state index < -0.39 is 53.3 Å². The molecule has 0 spiro atoms. The third-order valence-electron chi connectivity index (χ3n) is 4.13. The summed E-state index contributed by atoms with van der Waals surface area (Å²) in [6.45, 7) is 0. The highest BCUT2D eigenvalue weighted by molar-refractivity contribution is 6.35. The summed E-state index contributed by atoms with van der Waals surface area (Å²) in [7, 11) is 0. The van der Waals surface area contributed by atoms with Crippen LogP contribution >= 0.6 is 23.2 Å². The maximum atomic E-state index is 12.9. The van der Waals surface area contributed by atoms with Crippen molar-refractivity contribution in [1.82, 2.24) is 5.32 Å². The van der Waals surface area contributed by atoms with Gasteiger partial charge in [0.25, 0.3) is 0 Å². The molecule has 2 amide bonds. The van der Waals surface area contributed by atoms with E-state index in [2.05, 4.69) is 5.32 Å². The molecule has 12 heteroatoms. The van der Waals surface area contributed by atoms with Gasteiger partial charge in [-0.3, -0.25) is 9.59 Å². The first-order valence-corrected chi connectivity index (χ1v) is 9.23. The van der Waals surface area contributed by atoms with Crippen molar-refractivity contribution in [3.05, 3.63) is 68.7 Å². The quantitative estimate of drug-likeness (QED) is 0.576. The van der Waals surface area contributed by atoms with E-state index in [-0.39, 0.29) is 17.5 Å². The maximum Gasteiger partial charge on any atom is 0.416 e. The van der Waals surface area contributed by atoms with Crippen LogP contribution < -0.4 is 11.1 Å². The first-order valence-electron chi connectivity index (χ1n) is 8.48. The minimum Gasteiger partial charge on any atom is -0.368 e. The van der Waals surface area contributed by atoms with Crippen LogP contribution in [0.4, 0.5) is 26.3 Å². The Labute approximate surface area is 182 Å². The normalized spacial score (nSPS) is 13.0. The standard InChI is InChI=1S/C19H14Cl2F6N2O2/c20-13-2-1-10(14(21)8-13)6-15(17(28)31)29-16(30)5-9-3-11(18(22,23)24)7-12(4-9)19(25,26)27/h1-4,7-8,15H,5-6H2,(H2,28,31)(H,29,30)/t15-/m0/s1. The highest BCUT2D eigenvalue weighted by atomic mass is 35.5. The Bertz CT molecular complexity index is 960. The molecule has 0 bridgehead atoms. The van der Waals surface area contributed by atoms with Gasteiger partial charge in [-0.05, 0) is 41.5 Å². The fraction of sp³-hybridized carbons (Fsp3) is 0.263. The van der Waals surface area contributed by atoms with Crippen LogP contribution in [0.15, 0.2) is 36.4 Å². The number of amides is 2. The molecule has 1 atom stereocenters. The fourth-order valence-electron chi connectivity index (χ4n) is 2.68. The van der Waals surface area contributed by atoms with Crippen molar-refractivity contribution >= 4 is 35.0 Å². The van der Waals surface area contributed by atoms with Crippen molar-refractivity contribution in [2.24, 2.45) is 5.73 Å². The van der Waals surface area contributed by atoms with Gasteiger partial charge in [-0.1, -0.05) is 29.3 Å². The van der Waals surface area contributed by atoms with Gasteiger partial charge in [0, 0.05) is 16.5 Å². The van der Waals surface area contributed by atoms with Crippen LogP contribution in [0.3, 0.4) is 0 Å². The van der Waals surface area contributed by atoms with Gasteiger partial charge in [0.05, 0.1) is 17.5 Å². The lowest BCUT2D eigenvalue weighted by Gasteiger charge is -2.18. The summed E-state index contributed by atoms with van der Waals surface area (Å²) in [6.07, 6.45) is -11.1. The Hall–Kier alpha value is -2.46. The lowest BCUT2D eigenvalue weighted by Crippen LogP contribution is -2.46. The van der Waals surface area contributed by atoms with Crippen molar-refractivity contribution in [3.8, 4) is 0 Å². The zero-order chi connectivity index (χ0) is 23.6. The van der Waals surface area contributed by atoms with Gasteiger partial charge < -0.3 is 11.1 Å².